The molecule has 19 heavy (non-hydrogen) atoms. The molecule has 2 aliphatic heterocycles. The molecule has 1 amide bonds. The van der Waals surface area contributed by atoms with Crippen LogP contribution < -0.4 is 0 Å². The summed E-state index contributed by atoms with van der Waals surface area (Å²) < 4.78 is 1.87. The Bertz CT molecular complexity index is 456. The molecule has 1 aromatic heterocycles. The zero-order valence-corrected chi connectivity index (χ0v) is 11.6. The summed E-state index contributed by atoms with van der Waals surface area (Å²) in [7, 11) is 1.96. The molecule has 0 aliphatic carbocycles. The van der Waals surface area contributed by atoms with Crippen molar-refractivity contribution in [3.8, 4) is 0 Å². The molecule has 0 saturated carbocycles. The molecule has 104 valence electrons. The molecule has 0 N–H and O–H groups in total. The van der Waals surface area contributed by atoms with Gasteiger partial charge in [-0.25, -0.2) is 0 Å². The maximum atomic E-state index is 11.6. The van der Waals surface area contributed by atoms with Gasteiger partial charge in [-0.2, -0.15) is 5.10 Å². The van der Waals surface area contributed by atoms with Crippen LogP contribution in [0, 0.1) is 0 Å². The minimum absolute atomic E-state index is 0.331. The average molecular weight is 262 g/mol. The Kier molecular flexibility index (Phi) is 3.55. The van der Waals surface area contributed by atoms with E-state index in [2.05, 4.69) is 16.2 Å². The first-order valence-corrected chi connectivity index (χ1v) is 7.24. The fourth-order valence-electron chi connectivity index (χ4n) is 3.27. The molecule has 2 fully saturated rings. The maximum Gasteiger partial charge on any atom is 0.222 e. The molecule has 0 bridgehead atoms. The van der Waals surface area contributed by atoms with Gasteiger partial charge in [0.1, 0.15) is 0 Å². The maximum absolute atomic E-state index is 11.6. The highest BCUT2D eigenvalue weighted by molar-refractivity contribution is 5.78. The Morgan fingerprint density at radius 1 is 1.32 bits per heavy atom. The lowest BCUT2D eigenvalue weighted by Crippen LogP contribution is -2.35. The molecule has 5 nitrogen and oxygen atoms in total. The molecule has 5 heteroatoms. The summed E-state index contributed by atoms with van der Waals surface area (Å²) in [4.78, 5) is 16.1. The van der Waals surface area contributed by atoms with E-state index < -0.39 is 0 Å². The number of nitrogens with zero attached hydrogens (tertiary/aromatic N) is 4. The first-order chi connectivity index (χ1) is 9.24. The predicted molar refractivity (Wildman–Crippen MR) is 72.6 cm³/mol. The molecule has 1 atom stereocenters. The Balaban J connectivity index is 1.59. The number of likely N-dealkylation sites (tertiary alicyclic amines) is 2. The molecule has 3 rings (SSSR count). The van der Waals surface area contributed by atoms with Crippen LogP contribution in [0.5, 0.6) is 0 Å². The van der Waals surface area contributed by atoms with Crippen LogP contribution in [0.25, 0.3) is 0 Å². The van der Waals surface area contributed by atoms with Gasteiger partial charge in [0.2, 0.25) is 5.91 Å². The van der Waals surface area contributed by atoms with Gasteiger partial charge in [-0.3, -0.25) is 14.4 Å². The van der Waals surface area contributed by atoms with E-state index in [4.69, 9.17) is 0 Å². The van der Waals surface area contributed by atoms with E-state index in [1.807, 2.05) is 22.8 Å². The van der Waals surface area contributed by atoms with E-state index in [1.165, 1.54) is 18.4 Å². The smallest absolute Gasteiger partial charge is 0.222 e. The second kappa shape index (κ2) is 5.33. The zero-order valence-electron chi connectivity index (χ0n) is 11.6. The molecule has 0 aromatic carbocycles. The van der Waals surface area contributed by atoms with Crippen molar-refractivity contribution in [1.82, 2.24) is 19.6 Å². The van der Waals surface area contributed by atoms with E-state index in [1.54, 1.807) is 0 Å². The third-order valence-corrected chi connectivity index (χ3v) is 4.30. The third kappa shape index (κ3) is 2.66. The lowest BCUT2D eigenvalue weighted by molar-refractivity contribution is -0.127. The standard InChI is InChI=1S/C14H22N4O/c1-16-11-12(10-15-16)13-4-2-6-17(13)8-9-18-7-3-5-14(18)19/h10-11,13H,2-9H2,1H3/t13-/m0/s1. The monoisotopic (exact) mass is 262 g/mol. The van der Waals surface area contributed by atoms with Gasteiger partial charge in [0, 0.05) is 50.9 Å². The highest BCUT2D eigenvalue weighted by atomic mass is 16.2. The van der Waals surface area contributed by atoms with Crippen molar-refractivity contribution in [1.29, 1.82) is 0 Å². The van der Waals surface area contributed by atoms with Crippen LogP contribution in [0.3, 0.4) is 0 Å². The summed E-state index contributed by atoms with van der Waals surface area (Å²) in [5.41, 5.74) is 1.31. The van der Waals surface area contributed by atoms with Crippen LogP contribution in [0.1, 0.15) is 37.3 Å². The van der Waals surface area contributed by atoms with Crippen LogP contribution in [-0.4, -0.2) is 51.7 Å². The molecular weight excluding hydrogens is 240 g/mol. The van der Waals surface area contributed by atoms with Crippen LogP contribution in [0.4, 0.5) is 0 Å². The lowest BCUT2D eigenvalue weighted by atomic mass is 10.1. The molecule has 1 aromatic rings. The zero-order chi connectivity index (χ0) is 13.2. The van der Waals surface area contributed by atoms with Gasteiger partial charge in [0.25, 0.3) is 0 Å². The minimum Gasteiger partial charge on any atom is -0.341 e. The van der Waals surface area contributed by atoms with E-state index in [-0.39, 0.29) is 0 Å². The summed E-state index contributed by atoms with van der Waals surface area (Å²) in [6, 6.07) is 0.492. The van der Waals surface area contributed by atoms with Crippen LogP contribution in [0.2, 0.25) is 0 Å². The van der Waals surface area contributed by atoms with Gasteiger partial charge in [-0.15, -0.1) is 0 Å². The molecule has 2 saturated heterocycles. The van der Waals surface area contributed by atoms with E-state index in [0.29, 0.717) is 11.9 Å². The van der Waals surface area contributed by atoms with E-state index in [9.17, 15) is 4.79 Å². The summed E-state index contributed by atoms with van der Waals surface area (Å²) in [5, 5.41) is 4.27. The molecule has 0 unspecified atom stereocenters. The predicted octanol–water partition coefficient (Wildman–Crippen LogP) is 1.18. The van der Waals surface area contributed by atoms with Gasteiger partial charge in [-0.1, -0.05) is 0 Å². The SMILES string of the molecule is Cn1cc([C@@H]2CCCN2CCN2CCCC2=O)cn1. The Morgan fingerprint density at radius 3 is 2.89 bits per heavy atom. The summed E-state index contributed by atoms with van der Waals surface area (Å²) >= 11 is 0. The number of aromatic nitrogens is 2. The van der Waals surface area contributed by atoms with Gasteiger partial charge < -0.3 is 4.90 Å². The van der Waals surface area contributed by atoms with Crippen molar-refractivity contribution in [2.24, 2.45) is 7.05 Å². The second-order valence-electron chi connectivity index (χ2n) is 5.63. The van der Waals surface area contributed by atoms with Crippen molar-refractivity contribution in [2.75, 3.05) is 26.2 Å². The lowest BCUT2D eigenvalue weighted by Gasteiger charge is -2.26. The molecule has 3 heterocycles. The van der Waals surface area contributed by atoms with E-state index in [0.717, 1.165) is 39.0 Å². The first-order valence-electron chi connectivity index (χ1n) is 7.24. The van der Waals surface area contributed by atoms with Crippen molar-refractivity contribution >= 4 is 5.91 Å². The highest BCUT2D eigenvalue weighted by Crippen LogP contribution is 2.31. The third-order valence-electron chi connectivity index (χ3n) is 4.30. The van der Waals surface area contributed by atoms with E-state index >= 15 is 0 Å². The number of amides is 1. The highest BCUT2D eigenvalue weighted by Gasteiger charge is 2.28. The van der Waals surface area contributed by atoms with Crippen molar-refractivity contribution in [2.45, 2.75) is 31.7 Å². The first kappa shape index (κ1) is 12.7. The number of rotatable bonds is 4. The quantitative estimate of drug-likeness (QED) is 0.818. The van der Waals surface area contributed by atoms with Gasteiger partial charge in [-0.05, 0) is 25.8 Å². The fraction of sp³-hybridized carbons (Fsp3) is 0.714. The topological polar surface area (TPSA) is 41.4 Å². The van der Waals surface area contributed by atoms with Gasteiger partial charge in [0.05, 0.1) is 6.20 Å². The number of aryl methyl sites for hydroxylation is 1. The molecule has 0 spiro atoms. The van der Waals surface area contributed by atoms with Crippen LogP contribution >= 0.6 is 0 Å². The molecule has 0 radical (unpaired) electrons. The number of carbonyl (C=O) groups is 1. The van der Waals surface area contributed by atoms with Crippen molar-refractivity contribution in [3.63, 3.8) is 0 Å². The van der Waals surface area contributed by atoms with Crippen LogP contribution in [0.15, 0.2) is 12.4 Å². The second-order valence-corrected chi connectivity index (χ2v) is 5.63. The van der Waals surface area contributed by atoms with Gasteiger partial charge >= 0.3 is 0 Å². The average Bonchev–Trinajstić information content (AvgIpc) is 3.07. The number of hydrogen-bond acceptors (Lipinski definition) is 3. The minimum atomic E-state index is 0.331. The fourth-order valence-corrected chi connectivity index (χ4v) is 3.27. The number of carbonyl (C=O) groups excluding carboxylic acids is 1. The summed E-state index contributed by atoms with van der Waals surface area (Å²) in [6.45, 7) is 3.97. The Morgan fingerprint density at radius 2 is 2.21 bits per heavy atom. The van der Waals surface area contributed by atoms with Crippen LogP contribution in [-0.2, 0) is 11.8 Å². The Labute approximate surface area is 114 Å². The summed E-state index contributed by atoms with van der Waals surface area (Å²) in [6.07, 6.45) is 8.32. The molecule has 2 aliphatic rings. The summed E-state index contributed by atoms with van der Waals surface area (Å²) in [5.74, 6) is 0.331. The normalized spacial score (nSPS) is 24.6. The van der Waals surface area contributed by atoms with Crippen molar-refractivity contribution < 1.29 is 4.79 Å². The van der Waals surface area contributed by atoms with Gasteiger partial charge in [0.15, 0.2) is 0 Å². The largest absolute Gasteiger partial charge is 0.341 e. The Hall–Kier alpha value is -1.36. The van der Waals surface area contributed by atoms with Crippen molar-refractivity contribution in [3.05, 3.63) is 18.0 Å². The number of hydrogen-bond donors (Lipinski definition) is 0. The molecular formula is C14H22N4O.